The zero-order valence-corrected chi connectivity index (χ0v) is 9.56. The van der Waals surface area contributed by atoms with Crippen molar-refractivity contribution in [3.05, 3.63) is 35.4 Å². The van der Waals surface area contributed by atoms with E-state index in [-0.39, 0.29) is 5.54 Å². The van der Waals surface area contributed by atoms with Gasteiger partial charge in [0.1, 0.15) is 0 Å². The molecule has 2 rings (SSSR count). The molecule has 1 heterocycles. The van der Waals surface area contributed by atoms with Crippen LogP contribution in [0.3, 0.4) is 0 Å². The minimum atomic E-state index is -0.790. The molecule has 1 saturated heterocycles. The number of likely N-dealkylation sites (tertiary alicyclic amines) is 1. The Kier molecular flexibility index (Phi) is 2.95. The van der Waals surface area contributed by atoms with Gasteiger partial charge in [0.2, 0.25) is 0 Å². The van der Waals surface area contributed by atoms with Gasteiger partial charge >= 0.3 is 0 Å². The monoisotopic (exact) mass is 226 g/mol. The Hall–Kier alpha value is -1.00. The fourth-order valence-electron chi connectivity index (χ4n) is 2.38. The van der Waals surface area contributed by atoms with Crippen LogP contribution in [0.15, 0.2) is 18.2 Å². The molecule has 16 heavy (non-hydrogen) atoms. The Morgan fingerprint density at radius 2 is 2.06 bits per heavy atom. The molecule has 0 bridgehead atoms. The Bertz CT molecular complexity index is 395. The van der Waals surface area contributed by atoms with E-state index in [0.29, 0.717) is 0 Å². The molecule has 1 aliphatic heterocycles. The first-order valence-electron chi connectivity index (χ1n) is 5.40. The SMILES string of the molecule is CNC1(c2ccc(F)c(F)c2)CCN(C)C1. The molecule has 1 atom stereocenters. The van der Waals surface area contributed by atoms with Crippen molar-refractivity contribution >= 4 is 0 Å². The molecule has 88 valence electrons. The highest BCUT2D eigenvalue weighted by Gasteiger charge is 2.37. The molecule has 0 saturated carbocycles. The lowest BCUT2D eigenvalue weighted by atomic mass is 9.89. The second-order valence-electron chi connectivity index (χ2n) is 4.45. The third-order valence-corrected chi connectivity index (χ3v) is 3.41. The van der Waals surface area contributed by atoms with Crippen LogP contribution in [-0.2, 0) is 5.54 Å². The molecular formula is C12H16F2N2. The molecule has 4 heteroatoms. The smallest absolute Gasteiger partial charge is 0.159 e. The van der Waals surface area contributed by atoms with Gasteiger partial charge in [0.15, 0.2) is 11.6 Å². The van der Waals surface area contributed by atoms with Crippen LogP contribution >= 0.6 is 0 Å². The van der Waals surface area contributed by atoms with Crippen LogP contribution in [0.25, 0.3) is 0 Å². The number of nitrogens with one attached hydrogen (secondary N) is 1. The predicted molar refractivity (Wildman–Crippen MR) is 59.2 cm³/mol. The van der Waals surface area contributed by atoms with Crippen LogP contribution in [0.1, 0.15) is 12.0 Å². The molecule has 1 unspecified atom stereocenters. The Morgan fingerprint density at radius 3 is 2.56 bits per heavy atom. The summed E-state index contributed by atoms with van der Waals surface area (Å²) in [6, 6.07) is 4.15. The number of hydrogen-bond donors (Lipinski definition) is 1. The normalized spacial score (nSPS) is 26.2. The summed E-state index contributed by atoms with van der Waals surface area (Å²) >= 11 is 0. The maximum absolute atomic E-state index is 13.2. The molecule has 0 spiro atoms. The minimum Gasteiger partial charge on any atom is -0.309 e. The van der Waals surface area contributed by atoms with Crippen molar-refractivity contribution in [2.24, 2.45) is 0 Å². The highest BCUT2D eigenvalue weighted by Crippen LogP contribution is 2.31. The summed E-state index contributed by atoms with van der Waals surface area (Å²) in [7, 11) is 3.89. The second-order valence-corrected chi connectivity index (χ2v) is 4.45. The van der Waals surface area contributed by atoms with E-state index >= 15 is 0 Å². The summed E-state index contributed by atoms with van der Waals surface area (Å²) in [5.41, 5.74) is 0.571. The van der Waals surface area contributed by atoms with E-state index in [1.807, 2.05) is 14.1 Å². The number of hydrogen-bond acceptors (Lipinski definition) is 2. The van der Waals surface area contributed by atoms with Crippen LogP contribution in [0.5, 0.6) is 0 Å². The molecule has 0 aromatic heterocycles. The van der Waals surface area contributed by atoms with Crippen LogP contribution in [0.4, 0.5) is 8.78 Å². The first-order valence-corrected chi connectivity index (χ1v) is 5.40. The van der Waals surface area contributed by atoms with Crippen molar-refractivity contribution < 1.29 is 8.78 Å². The largest absolute Gasteiger partial charge is 0.309 e. The van der Waals surface area contributed by atoms with Crippen LogP contribution < -0.4 is 5.32 Å². The quantitative estimate of drug-likeness (QED) is 0.826. The van der Waals surface area contributed by atoms with Gasteiger partial charge in [-0.1, -0.05) is 6.07 Å². The molecule has 1 fully saturated rings. The van der Waals surface area contributed by atoms with Crippen molar-refractivity contribution in [2.45, 2.75) is 12.0 Å². The Morgan fingerprint density at radius 1 is 1.31 bits per heavy atom. The van der Waals surface area contributed by atoms with E-state index in [1.165, 1.54) is 12.1 Å². The number of halogens is 2. The predicted octanol–water partition coefficient (Wildman–Crippen LogP) is 1.72. The highest BCUT2D eigenvalue weighted by molar-refractivity contribution is 5.28. The Labute approximate surface area is 94.3 Å². The van der Waals surface area contributed by atoms with Crippen LogP contribution in [0.2, 0.25) is 0 Å². The molecular weight excluding hydrogens is 210 g/mol. The molecule has 0 amide bonds. The summed E-state index contributed by atoms with van der Waals surface area (Å²) in [5.74, 6) is -1.57. The average molecular weight is 226 g/mol. The van der Waals surface area contributed by atoms with E-state index in [1.54, 1.807) is 6.07 Å². The topological polar surface area (TPSA) is 15.3 Å². The summed E-state index contributed by atoms with van der Waals surface area (Å²) < 4.78 is 26.1. The summed E-state index contributed by atoms with van der Waals surface area (Å²) in [4.78, 5) is 2.18. The van der Waals surface area contributed by atoms with Gasteiger partial charge in [0.25, 0.3) is 0 Å². The number of likely N-dealkylation sites (N-methyl/N-ethyl adjacent to an activating group) is 2. The van der Waals surface area contributed by atoms with Crippen molar-refractivity contribution in [1.29, 1.82) is 0 Å². The van der Waals surface area contributed by atoms with Crippen molar-refractivity contribution in [3.8, 4) is 0 Å². The van der Waals surface area contributed by atoms with Crippen LogP contribution in [0, 0.1) is 11.6 Å². The molecule has 1 N–H and O–H groups in total. The second kappa shape index (κ2) is 4.11. The molecule has 0 radical (unpaired) electrons. The molecule has 0 aliphatic carbocycles. The molecule has 1 aromatic rings. The van der Waals surface area contributed by atoms with Crippen LogP contribution in [-0.4, -0.2) is 32.1 Å². The van der Waals surface area contributed by atoms with Gasteiger partial charge in [-0.05, 0) is 38.2 Å². The van der Waals surface area contributed by atoms with Gasteiger partial charge in [-0.25, -0.2) is 8.78 Å². The summed E-state index contributed by atoms with van der Waals surface area (Å²) in [6.45, 7) is 1.77. The van der Waals surface area contributed by atoms with E-state index in [9.17, 15) is 8.78 Å². The lowest BCUT2D eigenvalue weighted by Gasteiger charge is -2.29. The fraction of sp³-hybridized carbons (Fsp3) is 0.500. The van der Waals surface area contributed by atoms with E-state index in [2.05, 4.69) is 10.2 Å². The highest BCUT2D eigenvalue weighted by atomic mass is 19.2. The standard InChI is InChI=1S/C12H16F2N2/c1-15-12(5-6-16(2)8-12)9-3-4-10(13)11(14)7-9/h3-4,7,15H,5-6,8H2,1-2H3. The minimum absolute atomic E-state index is 0.247. The fourth-order valence-corrected chi connectivity index (χ4v) is 2.38. The van der Waals surface area contributed by atoms with Gasteiger partial charge < -0.3 is 10.2 Å². The lowest BCUT2D eigenvalue weighted by Crippen LogP contribution is -2.42. The van der Waals surface area contributed by atoms with Gasteiger partial charge in [-0.2, -0.15) is 0 Å². The van der Waals surface area contributed by atoms with E-state index in [0.717, 1.165) is 25.1 Å². The first kappa shape index (κ1) is 11.5. The van der Waals surface area contributed by atoms with E-state index < -0.39 is 11.6 Å². The van der Waals surface area contributed by atoms with Gasteiger partial charge in [-0.15, -0.1) is 0 Å². The third-order valence-electron chi connectivity index (χ3n) is 3.41. The molecule has 2 nitrogen and oxygen atoms in total. The zero-order chi connectivity index (χ0) is 11.8. The molecule has 1 aliphatic rings. The van der Waals surface area contributed by atoms with Gasteiger partial charge in [0, 0.05) is 13.1 Å². The van der Waals surface area contributed by atoms with Crippen molar-refractivity contribution in [1.82, 2.24) is 10.2 Å². The summed E-state index contributed by atoms with van der Waals surface area (Å²) in [6.07, 6.45) is 0.908. The maximum atomic E-state index is 13.2. The van der Waals surface area contributed by atoms with E-state index in [4.69, 9.17) is 0 Å². The number of nitrogens with zero attached hydrogens (tertiary/aromatic N) is 1. The third kappa shape index (κ3) is 1.83. The van der Waals surface area contributed by atoms with Crippen molar-refractivity contribution in [3.63, 3.8) is 0 Å². The number of benzene rings is 1. The van der Waals surface area contributed by atoms with Gasteiger partial charge in [0.05, 0.1) is 5.54 Å². The average Bonchev–Trinajstić information content (AvgIpc) is 2.65. The lowest BCUT2D eigenvalue weighted by molar-refractivity contribution is 0.333. The summed E-state index contributed by atoms with van der Waals surface area (Å²) in [5, 5.41) is 3.24. The molecule has 1 aromatic carbocycles. The zero-order valence-electron chi connectivity index (χ0n) is 9.56. The first-order chi connectivity index (χ1) is 7.57. The number of rotatable bonds is 2. The van der Waals surface area contributed by atoms with Crippen molar-refractivity contribution in [2.75, 3.05) is 27.2 Å². The Balaban J connectivity index is 2.37. The van der Waals surface area contributed by atoms with Gasteiger partial charge in [-0.3, -0.25) is 0 Å². The maximum Gasteiger partial charge on any atom is 0.159 e.